The van der Waals surface area contributed by atoms with Crippen molar-refractivity contribution in [3.8, 4) is 0 Å². The van der Waals surface area contributed by atoms with Crippen LogP contribution < -0.4 is 10.5 Å². The molecule has 18 heavy (non-hydrogen) atoms. The number of sulfonamides is 1. The zero-order valence-corrected chi connectivity index (χ0v) is 11.3. The Bertz CT molecular complexity index is 534. The van der Waals surface area contributed by atoms with Crippen molar-refractivity contribution < 1.29 is 13.2 Å². The number of nitrogens with one attached hydrogen (secondary N) is 1. The van der Waals surface area contributed by atoms with Crippen molar-refractivity contribution in [1.29, 1.82) is 0 Å². The molecular weight excluding hydrogens is 272 g/mol. The fourth-order valence-corrected chi connectivity index (χ4v) is 3.38. The highest BCUT2D eigenvalue weighted by Crippen LogP contribution is 2.17. The number of thioether (sulfide) groups is 1. The van der Waals surface area contributed by atoms with Crippen LogP contribution in [-0.4, -0.2) is 31.9 Å². The van der Waals surface area contributed by atoms with Crippen molar-refractivity contribution >= 4 is 27.7 Å². The normalized spacial score (nSPS) is 19.7. The third kappa shape index (κ3) is 3.24. The lowest BCUT2D eigenvalue weighted by Gasteiger charge is -2.11. The lowest BCUT2D eigenvalue weighted by molar-refractivity contribution is 0.0941. The summed E-state index contributed by atoms with van der Waals surface area (Å²) in [7, 11) is -3.70. The molecular formula is C11H14N2O3S2. The Kier molecular flexibility index (Phi) is 3.94. The average molecular weight is 286 g/mol. The fourth-order valence-electron chi connectivity index (χ4n) is 1.71. The molecule has 0 saturated carbocycles. The van der Waals surface area contributed by atoms with Crippen LogP contribution in [0.15, 0.2) is 29.2 Å². The first-order valence-corrected chi connectivity index (χ1v) is 8.18. The van der Waals surface area contributed by atoms with Crippen LogP contribution in [0.4, 0.5) is 0 Å². The SMILES string of the molecule is NS(=O)(=O)c1ccc(C(=O)N[C@@H]2CCSC2)cc1. The Morgan fingerprint density at radius 1 is 1.33 bits per heavy atom. The van der Waals surface area contributed by atoms with E-state index in [4.69, 9.17) is 5.14 Å². The molecule has 1 aliphatic heterocycles. The highest BCUT2D eigenvalue weighted by atomic mass is 32.2. The lowest BCUT2D eigenvalue weighted by atomic mass is 10.2. The molecule has 0 spiro atoms. The first kappa shape index (κ1) is 13.4. The third-order valence-electron chi connectivity index (χ3n) is 2.71. The molecule has 1 atom stereocenters. The van der Waals surface area contributed by atoms with Crippen molar-refractivity contribution in [2.75, 3.05) is 11.5 Å². The Morgan fingerprint density at radius 2 is 2.00 bits per heavy atom. The van der Waals surface area contributed by atoms with Crippen LogP contribution in [0.5, 0.6) is 0 Å². The molecule has 0 radical (unpaired) electrons. The molecule has 0 aliphatic carbocycles. The van der Waals surface area contributed by atoms with Gasteiger partial charge in [-0.25, -0.2) is 13.6 Å². The molecule has 1 aromatic carbocycles. The summed E-state index contributed by atoms with van der Waals surface area (Å²) >= 11 is 1.81. The standard InChI is InChI=1S/C11H14N2O3S2/c12-18(15,16)10-3-1-8(2-4-10)11(14)13-9-5-6-17-7-9/h1-4,9H,5-7H2,(H,13,14)(H2,12,15,16)/t9-/m1/s1. The zero-order valence-electron chi connectivity index (χ0n) is 9.63. The van der Waals surface area contributed by atoms with Crippen LogP contribution in [0.2, 0.25) is 0 Å². The molecule has 1 saturated heterocycles. The highest BCUT2D eigenvalue weighted by Gasteiger charge is 2.18. The number of hydrogen-bond acceptors (Lipinski definition) is 4. The van der Waals surface area contributed by atoms with E-state index in [-0.39, 0.29) is 16.8 Å². The maximum Gasteiger partial charge on any atom is 0.251 e. The van der Waals surface area contributed by atoms with Crippen molar-refractivity contribution in [3.05, 3.63) is 29.8 Å². The Morgan fingerprint density at radius 3 is 2.50 bits per heavy atom. The number of primary sulfonamides is 1. The molecule has 0 unspecified atom stereocenters. The summed E-state index contributed by atoms with van der Waals surface area (Å²) in [6.07, 6.45) is 0.978. The second-order valence-corrected chi connectivity index (χ2v) is 6.81. The van der Waals surface area contributed by atoms with Crippen molar-refractivity contribution in [1.82, 2.24) is 5.32 Å². The second kappa shape index (κ2) is 5.29. The monoisotopic (exact) mass is 286 g/mol. The van der Waals surface area contributed by atoms with Gasteiger partial charge in [0.25, 0.3) is 5.91 Å². The van der Waals surface area contributed by atoms with Crippen molar-refractivity contribution in [2.24, 2.45) is 5.14 Å². The number of carbonyl (C=O) groups is 1. The van der Waals surface area contributed by atoms with Crippen LogP contribution in [0, 0.1) is 0 Å². The minimum atomic E-state index is -3.70. The summed E-state index contributed by atoms with van der Waals surface area (Å²) in [5, 5.41) is 7.90. The predicted molar refractivity (Wildman–Crippen MR) is 71.0 cm³/mol. The van der Waals surface area contributed by atoms with E-state index in [1.807, 2.05) is 11.8 Å². The van der Waals surface area contributed by atoms with E-state index in [9.17, 15) is 13.2 Å². The van der Waals surface area contributed by atoms with E-state index in [1.165, 1.54) is 24.3 Å². The zero-order chi connectivity index (χ0) is 13.2. The van der Waals surface area contributed by atoms with Crippen LogP contribution in [-0.2, 0) is 10.0 Å². The molecule has 98 valence electrons. The summed E-state index contributed by atoms with van der Waals surface area (Å²) in [5.41, 5.74) is 0.444. The number of carbonyl (C=O) groups excluding carboxylic acids is 1. The minimum absolute atomic E-state index is 0.00970. The molecule has 2 rings (SSSR count). The van der Waals surface area contributed by atoms with E-state index in [0.717, 1.165) is 17.9 Å². The number of hydrogen-bond donors (Lipinski definition) is 2. The smallest absolute Gasteiger partial charge is 0.251 e. The quantitative estimate of drug-likeness (QED) is 0.850. The first-order valence-electron chi connectivity index (χ1n) is 5.48. The number of nitrogens with two attached hydrogens (primary N) is 1. The van der Waals surface area contributed by atoms with Crippen molar-refractivity contribution in [2.45, 2.75) is 17.4 Å². The van der Waals surface area contributed by atoms with Gasteiger partial charge in [-0.3, -0.25) is 4.79 Å². The molecule has 3 N–H and O–H groups in total. The Hall–Kier alpha value is -1.05. The van der Waals surface area contributed by atoms with Gasteiger partial charge < -0.3 is 5.32 Å². The van der Waals surface area contributed by atoms with E-state index in [2.05, 4.69) is 5.32 Å². The van der Waals surface area contributed by atoms with E-state index in [0.29, 0.717) is 5.56 Å². The largest absolute Gasteiger partial charge is 0.348 e. The molecule has 1 aromatic rings. The maximum absolute atomic E-state index is 11.9. The fraction of sp³-hybridized carbons (Fsp3) is 0.364. The van der Waals surface area contributed by atoms with Gasteiger partial charge in [0, 0.05) is 17.4 Å². The topological polar surface area (TPSA) is 89.3 Å². The van der Waals surface area contributed by atoms with Crippen molar-refractivity contribution in [3.63, 3.8) is 0 Å². The van der Waals surface area contributed by atoms with Crippen LogP contribution in [0.3, 0.4) is 0 Å². The lowest BCUT2D eigenvalue weighted by Crippen LogP contribution is -2.34. The van der Waals surface area contributed by atoms with Gasteiger partial charge >= 0.3 is 0 Å². The van der Waals surface area contributed by atoms with E-state index in [1.54, 1.807) is 0 Å². The molecule has 1 heterocycles. The van der Waals surface area contributed by atoms with Gasteiger partial charge in [0.05, 0.1) is 4.90 Å². The highest BCUT2D eigenvalue weighted by molar-refractivity contribution is 7.99. The van der Waals surface area contributed by atoms with E-state index < -0.39 is 10.0 Å². The number of amides is 1. The molecule has 1 aliphatic rings. The van der Waals surface area contributed by atoms with Crippen LogP contribution in [0.25, 0.3) is 0 Å². The van der Waals surface area contributed by atoms with Gasteiger partial charge in [0.1, 0.15) is 0 Å². The summed E-state index contributed by atoms with van der Waals surface area (Å²) in [6, 6.07) is 5.83. The average Bonchev–Trinajstić information content (AvgIpc) is 2.81. The summed E-state index contributed by atoms with van der Waals surface area (Å²) < 4.78 is 22.1. The van der Waals surface area contributed by atoms with Gasteiger partial charge in [0.2, 0.25) is 10.0 Å². The van der Waals surface area contributed by atoms with Crippen LogP contribution >= 0.6 is 11.8 Å². The second-order valence-electron chi connectivity index (χ2n) is 4.10. The molecule has 5 nitrogen and oxygen atoms in total. The van der Waals surface area contributed by atoms with Gasteiger partial charge in [0.15, 0.2) is 0 Å². The predicted octanol–water partition coefficient (Wildman–Crippen LogP) is 0.569. The molecule has 7 heteroatoms. The number of benzene rings is 1. The first-order chi connectivity index (χ1) is 8.47. The van der Waals surface area contributed by atoms with Gasteiger partial charge in [-0.1, -0.05) is 0 Å². The molecule has 1 fully saturated rings. The molecule has 0 aromatic heterocycles. The van der Waals surface area contributed by atoms with Gasteiger partial charge in [-0.15, -0.1) is 0 Å². The molecule has 1 amide bonds. The van der Waals surface area contributed by atoms with Gasteiger partial charge in [-0.05, 0) is 36.4 Å². The Labute approximate surface area is 110 Å². The summed E-state index contributed by atoms with van der Waals surface area (Å²) in [5.74, 6) is 1.82. The summed E-state index contributed by atoms with van der Waals surface area (Å²) in [6.45, 7) is 0. The number of rotatable bonds is 3. The van der Waals surface area contributed by atoms with E-state index >= 15 is 0 Å². The summed E-state index contributed by atoms with van der Waals surface area (Å²) in [4.78, 5) is 11.9. The molecule has 0 bridgehead atoms. The van der Waals surface area contributed by atoms with Gasteiger partial charge in [-0.2, -0.15) is 11.8 Å². The Balaban J connectivity index is 2.07. The maximum atomic E-state index is 11.9. The third-order valence-corrected chi connectivity index (χ3v) is 4.80. The minimum Gasteiger partial charge on any atom is -0.348 e. The van der Waals surface area contributed by atoms with Crippen LogP contribution in [0.1, 0.15) is 16.8 Å².